The maximum absolute atomic E-state index is 6.57. The van der Waals surface area contributed by atoms with Crippen LogP contribution in [0.1, 0.15) is 18.7 Å². The molecule has 158 valence electrons. The van der Waals surface area contributed by atoms with Crippen molar-refractivity contribution in [1.29, 1.82) is 0 Å². The fourth-order valence-corrected chi connectivity index (χ4v) is 4.56. The normalized spacial score (nSPS) is 20.4. The van der Waals surface area contributed by atoms with Crippen molar-refractivity contribution < 1.29 is 4.74 Å². The molecule has 8 heteroatoms. The van der Waals surface area contributed by atoms with Crippen molar-refractivity contribution in [3.8, 4) is 11.4 Å². The number of rotatable bonds is 4. The van der Waals surface area contributed by atoms with Crippen molar-refractivity contribution in [2.45, 2.75) is 32.4 Å². The number of imidazole rings is 1. The molecule has 30 heavy (non-hydrogen) atoms. The molecule has 2 aromatic heterocycles. The number of benzene rings is 1. The van der Waals surface area contributed by atoms with Gasteiger partial charge in [0, 0.05) is 38.3 Å². The number of likely N-dealkylation sites (N-methyl/N-ethyl adjacent to an activating group) is 1. The molecule has 0 N–H and O–H groups in total. The van der Waals surface area contributed by atoms with Gasteiger partial charge in [0.15, 0.2) is 17.0 Å². The predicted octanol–water partition coefficient (Wildman–Crippen LogP) is 3.39. The Morgan fingerprint density at radius 2 is 1.90 bits per heavy atom. The number of hydrogen-bond donors (Lipinski definition) is 0. The number of aryl methyl sites for hydroxylation is 1. The molecule has 5 rings (SSSR count). The minimum atomic E-state index is 0.172. The molecule has 4 heterocycles. The zero-order valence-electron chi connectivity index (χ0n) is 17.5. The third-order valence-corrected chi connectivity index (χ3v) is 6.35. The van der Waals surface area contributed by atoms with E-state index < -0.39 is 0 Å². The summed E-state index contributed by atoms with van der Waals surface area (Å²) in [5.74, 6) is 2.52. The quantitative estimate of drug-likeness (QED) is 0.637. The minimum Gasteiger partial charge on any atom is -0.376 e. The molecule has 2 saturated heterocycles. The first-order chi connectivity index (χ1) is 14.6. The molecular weight excluding hydrogens is 400 g/mol. The molecule has 3 aromatic rings. The van der Waals surface area contributed by atoms with E-state index in [-0.39, 0.29) is 6.10 Å². The highest BCUT2D eigenvalue weighted by Crippen LogP contribution is 2.34. The lowest BCUT2D eigenvalue weighted by molar-refractivity contribution is 0.0981. The van der Waals surface area contributed by atoms with Crippen molar-refractivity contribution in [2.75, 3.05) is 44.7 Å². The van der Waals surface area contributed by atoms with E-state index in [1.807, 2.05) is 31.2 Å². The SMILES string of the molecule is Cc1nc(N2CCN(C)CC2)c2nc(-c3ccccc3Cl)n(CC3CCCO3)c2n1. The summed E-state index contributed by atoms with van der Waals surface area (Å²) in [6.07, 6.45) is 2.32. The van der Waals surface area contributed by atoms with Gasteiger partial charge >= 0.3 is 0 Å². The summed E-state index contributed by atoms with van der Waals surface area (Å²) in [6, 6.07) is 7.87. The lowest BCUT2D eigenvalue weighted by Crippen LogP contribution is -2.45. The second-order valence-corrected chi connectivity index (χ2v) is 8.63. The predicted molar refractivity (Wildman–Crippen MR) is 119 cm³/mol. The first kappa shape index (κ1) is 19.7. The molecule has 1 atom stereocenters. The zero-order chi connectivity index (χ0) is 20.7. The van der Waals surface area contributed by atoms with Gasteiger partial charge in [0.25, 0.3) is 0 Å². The molecule has 2 fully saturated rings. The number of anilines is 1. The van der Waals surface area contributed by atoms with Crippen molar-refractivity contribution in [3.63, 3.8) is 0 Å². The van der Waals surface area contributed by atoms with E-state index in [1.165, 1.54) is 0 Å². The van der Waals surface area contributed by atoms with Gasteiger partial charge in [0.05, 0.1) is 17.7 Å². The van der Waals surface area contributed by atoms with Crippen LogP contribution < -0.4 is 4.90 Å². The number of nitrogens with zero attached hydrogens (tertiary/aromatic N) is 6. The first-order valence-electron chi connectivity index (χ1n) is 10.6. The van der Waals surface area contributed by atoms with Crippen LogP contribution in [-0.4, -0.2) is 70.4 Å². The number of halogens is 1. The van der Waals surface area contributed by atoms with Gasteiger partial charge in [0.1, 0.15) is 11.6 Å². The number of aromatic nitrogens is 4. The van der Waals surface area contributed by atoms with Gasteiger partial charge in [-0.3, -0.25) is 0 Å². The highest BCUT2D eigenvalue weighted by molar-refractivity contribution is 6.33. The van der Waals surface area contributed by atoms with Crippen LogP contribution in [0.5, 0.6) is 0 Å². The van der Waals surface area contributed by atoms with E-state index in [0.717, 1.165) is 86.4 Å². The Labute approximate surface area is 181 Å². The summed E-state index contributed by atoms with van der Waals surface area (Å²) in [4.78, 5) is 19.4. The monoisotopic (exact) mass is 426 g/mol. The molecule has 0 bridgehead atoms. The van der Waals surface area contributed by atoms with E-state index in [1.54, 1.807) is 0 Å². The molecule has 0 amide bonds. The second kappa shape index (κ2) is 8.13. The fourth-order valence-electron chi connectivity index (χ4n) is 4.34. The highest BCUT2D eigenvalue weighted by atomic mass is 35.5. The number of fused-ring (bicyclic) bond motifs is 1. The molecule has 0 aliphatic carbocycles. The van der Waals surface area contributed by atoms with E-state index in [4.69, 9.17) is 31.3 Å². The molecule has 7 nitrogen and oxygen atoms in total. The summed E-state index contributed by atoms with van der Waals surface area (Å²) < 4.78 is 8.13. The largest absolute Gasteiger partial charge is 0.376 e. The van der Waals surface area contributed by atoms with Gasteiger partial charge in [-0.25, -0.2) is 15.0 Å². The maximum atomic E-state index is 6.57. The van der Waals surface area contributed by atoms with Crippen molar-refractivity contribution >= 4 is 28.6 Å². The standard InChI is InChI=1S/C22H27ClN6O/c1-15-24-21(28-11-9-27(2)10-12-28)19-22(25-15)29(14-16-6-5-13-30-16)20(26-19)17-7-3-4-8-18(17)23/h3-4,7-8,16H,5-6,9-14H2,1-2H3. The van der Waals surface area contributed by atoms with Crippen molar-refractivity contribution in [3.05, 3.63) is 35.1 Å². The van der Waals surface area contributed by atoms with Gasteiger partial charge in [-0.2, -0.15) is 0 Å². The smallest absolute Gasteiger partial charge is 0.166 e. The van der Waals surface area contributed by atoms with Crippen LogP contribution in [0, 0.1) is 6.92 Å². The molecule has 0 spiro atoms. The Balaban J connectivity index is 1.67. The minimum absolute atomic E-state index is 0.172. The van der Waals surface area contributed by atoms with Crippen LogP contribution in [0.25, 0.3) is 22.6 Å². The van der Waals surface area contributed by atoms with Gasteiger partial charge in [0.2, 0.25) is 0 Å². The molecule has 1 unspecified atom stereocenters. The number of piperazine rings is 1. The summed E-state index contributed by atoms with van der Waals surface area (Å²) in [5, 5.41) is 0.687. The van der Waals surface area contributed by atoms with E-state index in [9.17, 15) is 0 Å². The van der Waals surface area contributed by atoms with Gasteiger partial charge in [-0.15, -0.1) is 0 Å². The van der Waals surface area contributed by atoms with Gasteiger partial charge in [-0.1, -0.05) is 23.7 Å². The van der Waals surface area contributed by atoms with E-state index >= 15 is 0 Å². The van der Waals surface area contributed by atoms with Crippen LogP contribution in [0.2, 0.25) is 5.02 Å². The van der Waals surface area contributed by atoms with E-state index in [2.05, 4.69) is 21.4 Å². The lowest BCUT2D eigenvalue weighted by atomic mass is 10.2. The Kier molecular flexibility index (Phi) is 5.35. The Hall–Kier alpha value is -2.22. The fraction of sp³-hybridized carbons (Fsp3) is 0.500. The summed E-state index contributed by atoms with van der Waals surface area (Å²) in [7, 11) is 2.16. The van der Waals surface area contributed by atoms with E-state index in [0.29, 0.717) is 5.02 Å². The third-order valence-electron chi connectivity index (χ3n) is 6.02. The molecule has 2 aliphatic rings. The van der Waals surface area contributed by atoms with Gasteiger partial charge < -0.3 is 19.1 Å². The van der Waals surface area contributed by atoms with Crippen LogP contribution in [0.15, 0.2) is 24.3 Å². The average Bonchev–Trinajstić information content (AvgIpc) is 3.37. The summed E-state index contributed by atoms with van der Waals surface area (Å²) in [6.45, 7) is 7.38. The average molecular weight is 427 g/mol. The van der Waals surface area contributed by atoms with Crippen LogP contribution in [0.4, 0.5) is 5.82 Å². The lowest BCUT2D eigenvalue weighted by Gasteiger charge is -2.33. The number of hydrogen-bond acceptors (Lipinski definition) is 6. The Morgan fingerprint density at radius 1 is 1.10 bits per heavy atom. The number of ether oxygens (including phenoxy) is 1. The first-order valence-corrected chi connectivity index (χ1v) is 11.0. The summed E-state index contributed by atoms with van der Waals surface area (Å²) >= 11 is 6.57. The van der Waals surface area contributed by atoms with Crippen LogP contribution in [0.3, 0.4) is 0 Å². The maximum Gasteiger partial charge on any atom is 0.166 e. The summed E-state index contributed by atoms with van der Waals surface area (Å²) in [5.41, 5.74) is 2.62. The zero-order valence-corrected chi connectivity index (χ0v) is 18.3. The molecule has 1 aromatic carbocycles. The second-order valence-electron chi connectivity index (χ2n) is 8.22. The molecular formula is C22H27ClN6O. The molecule has 0 saturated carbocycles. The Morgan fingerprint density at radius 3 is 2.63 bits per heavy atom. The van der Waals surface area contributed by atoms with Gasteiger partial charge in [-0.05, 0) is 38.9 Å². The third kappa shape index (κ3) is 3.66. The van der Waals surface area contributed by atoms with Crippen molar-refractivity contribution in [2.24, 2.45) is 0 Å². The van der Waals surface area contributed by atoms with Crippen LogP contribution in [-0.2, 0) is 11.3 Å². The molecule has 0 radical (unpaired) electrons. The highest BCUT2D eigenvalue weighted by Gasteiger charge is 2.26. The topological polar surface area (TPSA) is 59.3 Å². The van der Waals surface area contributed by atoms with Crippen LogP contribution >= 0.6 is 11.6 Å². The Bertz CT molecular complexity index is 1050. The molecule has 2 aliphatic heterocycles. The van der Waals surface area contributed by atoms with Crippen molar-refractivity contribution in [1.82, 2.24) is 24.4 Å².